The van der Waals surface area contributed by atoms with Crippen molar-refractivity contribution < 1.29 is 18.0 Å². The lowest BCUT2D eigenvalue weighted by Crippen LogP contribution is -2.10. The Morgan fingerprint density at radius 2 is 1.89 bits per heavy atom. The van der Waals surface area contributed by atoms with Crippen molar-refractivity contribution in [3.05, 3.63) is 47.0 Å². The van der Waals surface area contributed by atoms with Gasteiger partial charge in [0.15, 0.2) is 5.78 Å². The number of rotatable bonds is 3. The third-order valence-electron chi connectivity index (χ3n) is 2.28. The molecule has 2 rings (SSSR count). The largest absolute Gasteiger partial charge is 0.294 e. The van der Waals surface area contributed by atoms with Crippen LogP contribution in [0.25, 0.3) is 0 Å². The van der Waals surface area contributed by atoms with E-state index in [-0.39, 0.29) is 12.1 Å². The van der Waals surface area contributed by atoms with E-state index in [1.165, 1.54) is 10.9 Å². The van der Waals surface area contributed by atoms with Gasteiger partial charge in [0, 0.05) is 25.4 Å². The molecule has 0 fully saturated rings. The van der Waals surface area contributed by atoms with Crippen LogP contribution in [0.5, 0.6) is 0 Å². The number of nitrogens with zero attached hydrogens (tertiary/aromatic N) is 3. The monoisotopic (exact) mass is 255 g/mol. The Morgan fingerprint density at radius 1 is 1.28 bits per heavy atom. The molecule has 0 atom stereocenters. The van der Waals surface area contributed by atoms with Crippen LogP contribution >= 0.6 is 0 Å². The topological polar surface area (TPSA) is 47.8 Å². The second-order valence-corrected chi connectivity index (χ2v) is 3.73. The highest BCUT2D eigenvalue weighted by Gasteiger charge is 2.20. The summed E-state index contributed by atoms with van der Waals surface area (Å²) in [6, 6.07) is 0.931. The van der Waals surface area contributed by atoms with Crippen LogP contribution in [-0.4, -0.2) is 20.8 Å². The van der Waals surface area contributed by atoms with E-state index in [1.807, 2.05) is 0 Å². The normalized spacial score (nSPS) is 10.7. The maximum atomic E-state index is 13.3. The summed E-state index contributed by atoms with van der Waals surface area (Å²) in [5.74, 6) is -4.32. The van der Waals surface area contributed by atoms with Gasteiger partial charge < -0.3 is 0 Å². The molecular weight excluding hydrogens is 247 g/mol. The molecule has 0 amide bonds. The number of aromatic nitrogens is 3. The molecule has 0 aliphatic carbocycles. The van der Waals surface area contributed by atoms with E-state index in [9.17, 15) is 18.0 Å². The van der Waals surface area contributed by atoms with E-state index in [4.69, 9.17) is 0 Å². The summed E-state index contributed by atoms with van der Waals surface area (Å²) in [5, 5.41) is 7.22. The third kappa shape index (κ3) is 2.39. The molecule has 1 heterocycles. The van der Waals surface area contributed by atoms with Gasteiger partial charge >= 0.3 is 0 Å². The standard InChI is InChI=1S/C11H8F3N3O/c1-17-5-7(15-16-17)4-10(18)11-8(13)2-6(12)3-9(11)14/h2-3,5H,4H2,1H3. The smallest absolute Gasteiger partial charge is 0.174 e. The van der Waals surface area contributed by atoms with Crippen molar-refractivity contribution in [3.63, 3.8) is 0 Å². The number of carbonyl (C=O) groups excluding carboxylic acids is 1. The molecule has 0 spiro atoms. The number of hydrogen-bond donors (Lipinski definition) is 0. The first-order valence-corrected chi connectivity index (χ1v) is 5.00. The van der Waals surface area contributed by atoms with Gasteiger partial charge in [-0.2, -0.15) is 0 Å². The summed E-state index contributed by atoms with van der Waals surface area (Å²) < 4.78 is 40.7. The fourth-order valence-corrected chi connectivity index (χ4v) is 1.54. The van der Waals surface area contributed by atoms with Crippen LogP contribution in [0, 0.1) is 17.5 Å². The van der Waals surface area contributed by atoms with Gasteiger partial charge in [-0.1, -0.05) is 5.21 Å². The first-order valence-electron chi connectivity index (χ1n) is 5.00. The minimum Gasteiger partial charge on any atom is -0.294 e. The van der Waals surface area contributed by atoms with Crippen LogP contribution in [0.15, 0.2) is 18.3 Å². The van der Waals surface area contributed by atoms with Crippen LogP contribution in [-0.2, 0) is 13.5 Å². The molecular formula is C11H8F3N3O. The average Bonchev–Trinajstić information content (AvgIpc) is 2.62. The first kappa shape index (κ1) is 12.3. The van der Waals surface area contributed by atoms with Crippen molar-refractivity contribution in [2.45, 2.75) is 6.42 Å². The van der Waals surface area contributed by atoms with Gasteiger partial charge in [0.25, 0.3) is 0 Å². The van der Waals surface area contributed by atoms with Gasteiger partial charge in [0.05, 0.1) is 17.7 Å². The van der Waals surface area contributed by atoms with Crippen molar-refractivity contribution in [3.8, 4) is 0 Å². The zero-order chi connectivity index (χ0) is 13.3. The molecule has 0 unspecified atom stereocenters. The lowest BCUT2D eigenvalue weighted by Gasteiger charge is -2.02. The van der Waals surface area contributed by atoms with E-state index < -0.39 is 28.8 Å². The second-order valence-electron chi connectivity index (χ2n) is 3.73. The van der Waals surface area contributed by atoms with Gasteiger partial charge in [0.2, 0.25) is 0 Å². The Balaban J connectivity index is 2.29. The summed E-state index contributed by atoms with van der Waals surface area (Å²) >= 11 is 0. The van der Waals surface area contributed by atoms with Crippen LogP contribution in [0.3, 0.4) is 0 Å². The number of halogens is 3. The van der Waals surface area contributed by atoms with Gasteiger partial charge in [-0.05, 0) is 0 Å². The van der Waals surface area contributed by atoms with Gasteiger partial charge in [-0.3, -0.25) is 9.48 Å². The number of hydrogen-bond acceptors (Lipinski definition) is 3. The maximum Gasteiger partial charge on any atom is 0.174 e. The van der Waals surface area contributed by atoms with Gasteiger partial charge in [0.1, 0.15) is 17.5 Å². The fraction of sp³-hybridized carbons (Fsp3) is 0.182. The Labute approximate surface area is 100 Å². The highest BCUT2D eigenvalue weighted by molar-refractivity contribution is 5.97. The van der Waals surface area contributed by atoms with Crippen molar-refractivity contribution in [2.75, 3.05) is 0 Å². The second kappa shape index (κ2) is 4.59. The van der Waals surface area contributed by atoms with Crippen molar-refractivity contribution in [1.29, 1.82) is 0 Å². The SMILES string of the molecule is Cn1cc(CC(=O)c2c(F)cc(F)cc2F)nn1. The molecule has 7 heteroatoms. The molecule has 0 radical (unpaired) electrons. The van der Waals surface area contributed by atoms with E-state index in [0.717, 1.165) is 0 Å². The van der Waals surface area contributed by atoms with Crippen molar-refractivity contribution in [1.82, 2.24) is 15.0 Å². The Kier molecular flexibility index (Phi) is 3.14. The Morgan fingerprint density at radius 3 is 2.39 bits per heavy atom. The van der Waals surface area contributed by atoms with Crippen LogP contribution < -0.4 is 0 Å². The van der Waals surface area contributed by atoms with Crippen molar-refractivity contribution >= 4 is 5.78 Å². The van der Waals surface area contributed by atoms with E-state index in [2.05, 4.69) is 10.3 Å². The predicted molar refractivity (Wildman–Crippen MR) is 55.4 cm³/mol. The lowest BCUT2D eigenvalue weighted by atomic mass is 10.1. The zero-order valence-corrected chi connectivity index (χ0v) is 9.32. The summed E-state index contributed by atoms with van der Waals surface area (Å²) in [6.45, 7) is 0. The Bertz CT molecular complexity index is 586. The molecule has 4 nitrogen and oxygen atoms in total. The maximum absolute atomic E-state index is 13.3. The number of Topliss-reactive ketones (excluding diaryl/α,β-unsaturated/α-hetero) is 1. The molecule has 0 N–H and O–H groups in total. The number of benzene rings is 1. The molecule has 0 aliphatic heterocycles. The third-order valence-corrected chi connectivity index (χ3v) is 2.28. The summed E-state index contributed by atoms with van der Waals surface area (Å²) in [6.07, 6.45) is 1.16. The molecule has 1 aromatic heterocycles. The van der Waals surface area contributed by atoms with Crippen LogP contribution in [0.4, 0.5) is 13.2 Å². The van der Waals surface area contributed by atoms with Gasteiger partial charge in [-0.15, -0.1) is 5.10 Å². The summed E-state index contributed by atoms with van der Waals surface area (Å²) in [5.41, 5.74) is -0.479. The van der Waals surface area contributed by atoms with Gasteiger partial charge in [-0.25, -0.2) is 13.2 Å². The Hall–Kier alpha value is -2.18. The zero-order valence-electron chi connectivity index (χ0n) is 9.32. The van der Waals surface area contributed by atoms with Crippen LogP contribution in [0.2, 0.25) is 0 Å². The molecule has 94 valence electrons. The fourth-order valence-electron chi connectivity index (χ4n) is 1.54. The molecule has 0 aliphatic rings. The molecule has 18 heavy (non-hydrogen) atoms. The van der Waals surface area contributed by atoms with E-state index in [0.29, 0.717) is 12.1 Å². The quantitative estimate of drug-likeness (QED) is 0.783. The average molecular weight is 255 g/mol. The summed E-state index contributed by atoms with van der Waals surface area (Å²) in [7, 11) is 1.60. The number of ketones is 1. The molecule has 0 bridgehead atoms. The first-order chi connectivity index (χ1) is 8.47. The molecule has 2 aromatic rings. The van der Waals surface area contributed by atoms with E-state index >= 15 is 0 Å². The minimum atomic E-state index is -1.22. The number of aryl methyl sites for hydroxylation is 1. The highest BCUT2D eigenvalue weighted by Crippen LogP contribution is 2.16. The minimum absolute atomic E-state index is 0.283. The molecule has 1 aromatic carbocycles. The highest BCUT2D eigenvalue weighted by atomic mass is 19.1. The predicted octanol–water partition coefficient (Wildman–Crippen LogP) is 1.66. The number of carbonyl (C=O) groups is 1. The lowest BCUT2D eigenvalue weighted by molar-refractivity contribution is 0.0983. The summed E-state index contributed by atoms with van der Waals surface area (Å²) in [4.78, 5) is 11.7. The molecule has 0 saturated carbocycles. The van der Waals surface area contributed by atoms with E-state index in [1.54, 1.807) is 7.05 Å². The molecule has 0 saturated heterocycles. The van der Waals surface area contributed by atoms with Crippen LogP contribution in [0.1, 0.15) is 16.1 Å². The van der Waals surface area contributed by atoms with Crippen molar-refractivity contribution in [2.24, 2.45) is 7.05 Å².